The second-order valence-electron chi connectivity index (χ2n) is 5.18. The van der Waals surface area contributed by atoms with E-state index in [0.29, 0.717) is 17.1 Å². The molecule has 0 spiro atoms. The van der Waals surface area contributed by atoms with Crippen LogP contribution >= 0.6 is 0 Å². The monoisotopic (exact) mass is 317 g/mol. The molecule has 2 aromatic rings. The molecule has 0 heterocycles. The maximum Gasteiger partial charge on any atom is 0.276 e. The van der Waals surface area contributed by atoms with Gasteiger partial charge in [-0.2, -0.15) is 0 Å². The highest BCUT2D eigenvalue weighted by Crippen LogP contribution is 2.38. The summed E-state index contributed by atoms with van der Waals surface area (Å²) < 4.78 is 11.0. The van der Waals surface area contributed by atoms with E-state index in [4.69, 9.17) is 9.47 Å². The average Bonchev–Trinajstić information content (AvgIpc) is 2.59. The lowest BCUT2D eigenvalue weighted by molar-refractivity contribution is -0.385. The molecule has 0 saturated heterocycles. The Morgan fingerprint density at radius 1 is 1.22 bits per heavy atom. The first-order valence-corrected chi connectivity index (χ1v) is 7.20. The topological polar surface area (TPSA) is 81.8 Å². The van der Waals surface area contributed by atoms with Gasteiger partial charge in [-0.1, -0.05) is 37.3 Å². The molecule has 6 nitrogen and oxygen atoms in total. The van der Waals surface area contributed by atoms with Gasteiger partial charge in [-0.05, 0) is 11.6 Å². The Balaban J connectivity index is 2.34. The standard InChI is InChI=1S/C17H19NO5/c1-12(10-19)14-8-16(22-2)17(9-15(14)18(20)21)23-11-13-6-4-3-5-7-13/h3-9,12,19H,10-11H2,1-2H3. The number of hydrogen-bond donors (Lipinski definition) is 1. The molecule has 0 aliphatic rings. The number of nitro groups is 1. The van der Waals surface area contributed by atoms with Crippen LogP contribution in [0.4, 0.5) is 5.69 Å². The number of methoxy groups -OCH3 is 1. The van der Waals surface area contributed by atoms with E-state index in [2.05, 4.69) is 0 Å². The van der Waals surface area contributed by atoms with Crippen LogP contribution in [0.5, 0.6) is 11.5 Å². The Kier molecular flexibility index (Phi) is 5.54. The smallest absolute Gasteiger partial charge is 0.276 e. The minimum absolute atomic E-state index is 0.0876. The zero-order valence-corrected chi connectivity index (χ0v) is 13.1. The van der Waals surface area contributed by atoms with Crippen molar-refractivity contribution in [2.24, 2.45) is 0 Å². The molecule has 2 rings (SSSR count). The van der Waals surface area contributed by atoms with Gasteiger partial charge >= 0.3 is 0 Å². The third-order valence-electron chi connectivity index (χ3n) is 3.55. The second-order valence-corrected chi connectivity index (χ2v) is 5.18. The Bertz CT molecular complexity index is 672. The van der Waals surface area contributed by atoms with Crippen LogP contribution in [0.2, 0.25) is 0 Å². The van der Waals surface area contributed by atoms with Crippen molar-refractivity contribution in [3.8, 4) is 11.5 Å². The lowest BCUT2D eigenvalue weighted by Crippen LogP contribution is -2.06. The van der Waals surface area contributed by atoms with Crippen molar-refractivity contribution < 1.29 is 19.5 Å². The summed E-state index contributed by atoms with van der Waals surface area (Å²) >= 11 is 0. The van der Waals surface area contributed by atoms with Gasteiger partial charge in [-0.15, -0.1) is 0 Å². The quantitative estimate of drug-likeness (QED) is 0.626. The molecule has 23 heavy (non-hydrogen) atoms. The molecule has 0 radical (unpaired) electrons. The van der Waals surface area contributed by atoms with E-state index in [-0.39, 0.29) is 24.8 Å². The minimum Gasteiger partial charge on any atom is -0.493 e. The van der Waals surface area contributed by atoms with Crippen LogP contribution < -0.4 is 9.47 Å². The van der Waals surface area contributed by atoms with Crippen LogP contribution in [0.3, 0.4) is 0 Å². The van der Waals surface area contributed by atoms with E-state index < -0.39 is 4.92 Å². The number of hydrogen-bond acceptors (Lipinski definition) is 5. The van der Waals surface area contributed by atoms with Gasteiger partial charge in [-0.3, -0.25) is 10.1 Å². The average molecular weight is 317 g/mol. The first kappa shape index (κ1) is 16.8. The summed E-state index contributed by atoms with van der Waals surface area (Å²) in [7, 11) is 1.48. The van der Waals surface area contributed by atoms with Gasteiger partial charge in [0.25, 0.3) is 5.69 Å². The lowest BCUT2D eigenvalue weighted by Gasteiger charge is -2.15. The largest absolute Gasteiger partial charge is 0.493 e. The van der Waals surface area contributed by atoms with Gasteiger partial charge in [0.15, 0.2) is 11.5 Å². The number of aliphatic hydroxyl groups is 1. The molecule has 0 aliphatic heterocycles. The van der Waals surface area contributed by atoms with E-state index >= 15 is 0 Å². The van der Waals surface area contributed by atoms with E-state index in [1.54, 1.807) is 13.0 Å². The SMILES string of the molecule is COc1cc(C(C)CO)c([N+](=O)[O-])cc1OCc1ccccc1. The summed E-state index contributed by atoms with van der Waals surface area (Å²) in [6.07, 6.45) is 0. The fourth-order valence-corrected chi connectivity index (χ4v) is 2.22. The maximum absolute atomic E-state index is 11.3. The Labute approximate surface area is 134 Å². The summed E-state index contributed by atoms with van der Waals surface area (Å²) in [5.41, 5.74) is 1.28. The number of rotatable bonds is 7. The molecule has 0 saturated carbocycles. The lowest BCUT2D eigenvalue weighted by atomic mass is 9.99. The molecule has 0 fully saturated rings. The van der Waals surface area contributed by atoms with Crippen molar-refractivity contribution in [2.75, 3.05) is 13.7 Å². The molecule has 2 aromatic carbocycles. The normalized spacial score (nSPS) is 11.8. The molecule has 1 atom stereocenters. The maximum atomic E-state index is 11.3. The van der Waals surface area contributed by atoms with Crippen LogP contribution in [0.15, 0.2) is 42.5 Å². The molecular formula is C17H19NO5. The molecule has 6 heteroatoms. The minimum atomic E-state index is -0.476. The van der Waals surface area contributed by atoms with Gasteiger partial charge in [0.1, 0.15) is 6.61 Å². The predicted octanol–water partition coefficient (Wildman–Crippen LogP) is 3.28. The molecule has 0 aliphatic carbocycles. The first-order valence-electron chi connectivity index (χ1n) is 7.20. The molecule has 0 aromatic heterocycles. The van der Waals surface area contributed by atoms with Crippen molar-refractivity contribution in [2.45, 2.75) is 19.4 Å². The van der Waals surface area contributed by atoms with E-state index in [1.807, 2.05) is 30.3 Å². The Morgan fingerprint density at radius 2 is 1.91 bits per heavy atom. The summed E-state index contributed by atoms with van der Waals surface area (Å²) in [5.74, 6) is 0.339. The van der Waals surface area contributed by atoms with E-state index in [0.717, 1.165) is 5.56 Å². The van der Waals surface area contributed by atoms with Crippen molar-refractivity contribution in [3.05, 3.63) is 63.7 Å². The zero-order chi connectivity index (χ0) is 16.8. The van der Waals surface area contributed by atoms with Crippen molar-refractivity contribution in [1.29, 1.82) is 0 Å². The van der Waals surface area contributed by atoms with Crippen LogP contribution in [0.25, 0.3) is 0 Å². The molecule has 0 amide bonds. The summed E-state index contributed by atoms with van der Waals surface area (Å²) in [4.78, 5) is 10.8. The van der Waals surface area contributed by atoms with Gasteiger partial charge in [0, 0.05) is 18.1 Å². The second kappa shape index (κ2) is 7.60. The molecule has 0 bridgehead atoms. The van der Waals surface area contributed by atoms with Gasteiger partial charge in [-0.25, -0.2) is 0 Å². The Hall–Kier alpha value is -2.60. The first-order chi connectivity index (χ1) is 11.1. The van der Waals surface area contributed by atoms with E-state index in [1.165, 1.54) is 13.2 Å². The highest BCUT2D eigenvalue weighted by molar-refractivity contribution is 5.55. The highest BCUT2D eigenvalue weighted by atomic mass is 16.6. The van der Waals surface area contributed by atoms with Crippen LogP contribution in [0, 0.1) is 10.1 Å². The van der Waals surface area contributed by atoms with Crippen molar-refractivity contribution >= 4 is 5.69 Å². The molecule has 1 unspecified atom stereocenters. The van der Waals surface area contributed by atoms with Crippen LogP contribution in [-0.2, 0) is 6.61 Å². The van der Waals surface area contributed by atoms with Crippen LogP contribution in [0.1, 0.15) is 24.0 Å². The van der Waals surface area contributed by atoms with Crippen molar-refractivity contribution in [1.82, 2.24) is 0 Å². The summed E-state index contributed by atoms with van der Waals surface area (Å²) in [5, 5.41) is 20.6. The number of aliphatic hydroxyl groups excluding tert-OH is 1. The zero-order valence-electron chi connectivity index (χ0n) is 13.1. The van der Waals surface area contributed by atoms with E-state index in [9.17, 15) is 15.2 Å². The summed E-state index contributed by atoms with van der Waals surface area (Å²) in [6, 6.07) is 12.4. The molecule has 1 N–H and O–H groups in total. The predicted molar refractivity (Wildman–Crippen MR) is 85.9 cm³/mol. The third kappa shape index (κ3) is 3.98. The number of benzene rings is 2. The molecule has 122 valence electrons. The molecular weight excluding hydrogens is 298 g/mol. The number of nitro benzene ring substituents is 1. The fourth-order valence-electron chi connectivity index (χ4n) is 2.22. The Morgan fingerprint density at radius 3 is 2.48 bits per heavy atom. The summed E-state index contributed by atoms with van der Waals surface area (Å²) in [6.45, 7) is 1.81. The highest BCUT2D eigenvalue weighted by Gasteiger charge is 2.23. The van der Waals surface area contributed by atoms with Gasteiger partial charge in [0.05, 0.1) is 18.1 Å². The van der Waals surface area contributed by atoms with Gasteiger partial charge in [0.2, 0.25) is 0 Å². The van der Waals surface area contributed by atoms with Crippen molar-refractivity contribution in [3.63, 3.8) is 0 Å². The fraction of sp³-hybridized carbons (Fsp3) is 0.294. The third-order valence-corrected chi connectivity index (χ3v) is 3.55. The van der Waals surface area contributed by atoms with Gasteiger partial charge < -0.3 is 14.6 Å². The number of ether oxygens (including phenoxy) is 2. The number of nitrogens with zero attached hydrogens (tertiary/aromatic N) is 1. The van der Waals surface area contributed by atoms with Crippen LogP contribution in [-0.4, -0.2) is 23.7 Å².